The molecule has 2 N–H and O–H groups in total. The molecule has 0 radical (unpaired) electrons. The van der Waals surface area contributed by atoms with Gasteiger partial charge in [-0.15, -0.1) is 0 Å². The molecule has 2 aromatic rings. The molecule has 3 heterocycles. The second-order valence-electron chi connectivity index (χ2n) is 4.35. The van der Waals surface area contributed by atoms with E-state index in [0.717, 1.165) is 18.7 Å². The van der Waals surface area contributed by atoms with E-state index in [4.69, 9.17) is 0 Å². The van der Waals surface area contributed by atoms with Crippen molar-refractivity contribution in [3.05, 3.63) is 30.2 Å². The maximum absolute atomic E-state index is 9.65. The Morgan fingerprint density at radius 3 is 3.25 bits per heavy atom. The Balaban J connectivity index is 1.90. The van der Waals surface area contributed by atoms with E-state index >= 15 is 0 Å². The maximum Gasteiger partial charge on any atom is 0.179 e. The van der Waals surface area contributed by atoms with Crippen molar-refractivity contribution in [3.63, 3.8) is 0 Å². The molecule has 1 aliphatic heterocycles. The standard InChI is InChI=1S/C12H15N3O/c16-11-4-2-6-15-8-10(14-12(11)15)7-9-3-1-5-13-9/h2,4,6,8-9,13,16H,1,3,5,7H2. The van der Waals surface area contributed by atoms with Crippen molar-refractivity contribution in [3.8, 4) is 5.75 Å². The number of pyridine rings is 1. The summed E-state index contributed by atoms with van der Waals surface area (Å²) in [7, 11) is 0. The molecular formula is C12H15N3O. The molecule has 0 aliphatic carbocycles. The van der Waals surface area contributed by atoms with Gasteiger partial charge < -0.3 is 14.8 Å². The highest BCUT2D eigenvalue weighted by atomic mass is 16.3. The first-order chi connectivity index (χ1) is 7.83. The second-order valence-corrected chi connectivity index (χ2v) is 4.35. The Labute approximate surface area is 93.9 Å². The van der Waals surface area contributed by atoms with Crippen LogP contribution in [0, 0.1) is 0 Å². The highest BCUT2D eigenvalue weighted by Crippen LogP contribution is 2.18. The average Bonchev–Trinajstić information content (AvgIpc) is 2.88. The van der Waals surface area contributed by atoms with Gasteiger partial charge in [0.25, 0.3) is 0 Å². The molecule has 1 fully saturated rings. The van der Waals surface area contributed by atoms with Crippen molar-refractivity contribution in [2.75, 3.05) is 6.54 Å². The van der Waals surface area contributed by atoms with E-state index < -0.39 is 0 Å². The largest absolute Gasteiger partial charge is 0.504 e. The quantitative estimate of drug-likeness (QED) is 0.798. The first-order valence-electron chi connectivity index (χ1n) is 5.72. The summed E-state index contributed by atoms with van der Waals surface area (Å²) in [5, 5.41) is 13.1. The fourth-order valence-corrected chi connectivity index (χ4v) is 2.33. The Morgan fingerprint density at radius 1 is 1.56 bits per heavy atom. The summed E-state index contributed by atoms with van der Waals surface area (Å²) in [5.41, 5.74) is 1.69. The lowest BCUT2D eigenvalue weighted by Crippen LogP contribution is -2.23. The van der Waals surface area contributed by atoms with Crippen molar-refractivity contribution in [1.82, 2.24) is 14.7 Å². The Morgan fingerprint density at radius 2 is 2.50 bits per heavy atom. The topological polar surface area (TPSA) is 49.6 Å². The molecular weight excluding hydrogens is 202 g/mol. The number of imidazole rings is 1. The number of nitrogens with one attached hydrogen (secondary N) is 1. The SMILES string of the molecule is Oc1cccn2cc(CC3CCCN3)nc12. The summed E-state index contributed by atoms with van der Waals surface area (Å²) in [5.74, 6) is 0.244. The molecule has 1 saturated heterocycles. The average molecular weight is 217 g/mol. The van der Waals surface area contributed by atoms with Crippen molar-refractivity contribution >= 4 is 5.65 Å². The van der Waals surface area contributed by atoms with Crippen molar-refractivity contribution in [2.45, 2.75) is 25.3 Å². The predicted molar refractivity (Wildman–Crippen MR) is 61.6 cm³/mol. The van der Waals surface area contributed by atoms with Crippen LogP contribution in [0.15, 0.2) is 24.5 Å². The molecule has 2 aromatic heterocycles. The van der Waals surface area contributed by atoms with Gasteiger partial charge in [-0.3, -0.25) is 0 Å². The van der Waals surface area contributed by atoms with Gasteiger partial charge >= 0.3 is 0 Å². The third kappa shape index (κ3) is 1.65. The summed E-state index contributed by atoms with van der Waals surface area (Å²) >= 11 is 0. The van der Waals surface area contributed by atoms with Crippen LogP contribution < -0.4 is 5.32 Å². The molecule has 1 aliphatic rings. The molecule has 0 spiro atoms. The minimum atomic E-state index is 0.244. The van der Waals surface area contributed by atoms with Crippen molar-refractivity contribution < 1.29 is 5.11 Å². The van der Waals surface area contributed by atoms with Gasteiger partial charge in [-0.2, -0.15) is 0 Å². The van der Waals surface area contributed by atoms with Gasteiger partial charge in [0.1, 0.15) is 0 Å². The fraction of sp³-hybridized carbons (Fsp3) is 0.417. The predicted octanol–water partition coefficient (Wildman–Crippen LogP) is 1.33. The monoisotopic (exact) mass is 217 g/mol. The molecule has 4 heteroatoms. The molecule has 0 amide bonds. The van der Waals surface area contributed by atoms with Crippen LogP contribution in [-0.2, 0) is 6.42 Å². The van der Waals surface area contributed by atoms with Crippen molar-refractivity contribution in [2.24, 2.45) is 0 Å². The minimum Gasteiger partial charge on any atom is -0.504 e. The van der Waals surface area contributed by atoms with E-state index in [1.165, 1.54) is 12.8 Å². The number of hydrogen-bond donors (Lipinski definition) is 2. The number of aromatic hydroxyl groups is 1. The summed E-state index contributed by atoms with van der Waals surface area (Å²) in [4.78, 5) is 4.45. The van der Waals surface area contributed by atoms with Crippen LogP contribution in [0.2, 0.25) is 0 Å². The number of fused-ring (bicyclic) bond motifs is 1. The Kier molecular flexibility index (Phi) is 2.29. The third-order valence-corrected chi connectivity index (χ3v) is 3.13. The maximum atomic E-state index is 9.65. The van der Waals surface area contributed by atoms with Gasteiger partial charge in [-0.25, -0.2) is 4.98 Å². The highest BCUT2D eigenvalue weighted by molar-refractivity contribution is 5.53. The van der Waals surface area contributed by atoms with Crippen LogP contribution in [0.5, 0.6) is 5.75 Å². The normalized spacial score (nSPS) is 20.6. The van der Waals surface area contributed by atoms with Crippen LogP contribution >= 0.6 is 0 Å². The summed E-state index contributed by atoms with van der Waals surface area (Å²) < 4.78 is 1.87. The van der Waals surface area contributed by atoms with Gasteiger partial charge in [0.15, 0.2) is 11.4 Å². The number of aromatic nitrogens is 2. The van der Waals surface area contributed by atoms with Crippen LogP contribution in [0.3, 0.4) is 0 Å². The number of nitrogens with zero attached hydrogens (tertiary/aromatic N) is 2. The van der Waals surface area contributed by atoms with E-state index in [-0.39, 0.29) is 5.75 Å². The summed E-state index contributed by atoms with van der Waals surface area (Å²) in [6, 6.07) is 4.04. The van der Waals surface area contributed by atoms with Gasteiger partial charge in [0, 0.05) is 24.9 Å². The minimum absolute atomic E-state index is 0.244. The van der Waals surface area contributed by atoms with Gasteiger partial charge in [-0.1, -0.05) is 0 Å². The zero-order valence-corrected chi connectivity index (χ0v) is 9.06. The zero-order chi connectivity index (χ0) is 11.0. The van der Waals surface area contributed by atoms with Gasteiger partial charge in [0.05, 0.1) is 5.69 Å². The number of rotatable bonds is 2. The third-order valence-electron chi connectivity index (χ3n) is 3.13. The van der Waals surface area contributed by atoms with E-state index in [9.17, 15) is 5.11 Å². The van der Waals surface area contributed by atoms with Crippen LogP contribution in [0.4, 0.5) is 0 Å². The lowest BCUT2D eigenvalue weighted by atomic mass is 10.1. The lowest BCUT2D eigenvalue weighted by molar-refractivity contribution is 0.477. The molecule has 16 heavy (non-hydrogen) atoms. The Hall–Kier alpha value is -1.55. The number of hydrogen-bond acceptors (Lipinski definition) is 3. The highest BCUT2D eigenvalue weighted by Gasteiger charge is 2.16. The Bertz CT molecular complexity index is 500. The lowest BCUT2D eigenvalue weighted by Gasteiger charge is -2.06. The van der Waals surface area contributed by atoms with E-state index in [1.807, 2.05) is 22.9 Å². The molecule has 1 unspecified atom stereocenters. The molecule has 3 rings (SSSR count). The summed E-state index contributed by atoms with van der Waals surface area (Å²) in [6.07, 6.45) is 7.33. The van der Waals surface area contributed by atoms with E-state index in [2.05, 4.69) is 10.3 Å². The van der Waals surface area contributed by atoms with Crippen LogP contribution in [0.1, 0.15) is 18.5 Å². The van der Waals surface area contributed by atoms with Gasteiger partial charge in [0.2, 0.25) is 0 Å². The fourth-order valence-electron chi connectivity index (χ4n) is 2.33. The molecule has 4 nitrogen and oxygen atoms in total. The van der Waals surface area contributed by atoms with E-state index in [0.29, 0.717) is 11.7 Å². The first-order valence-corrected chi connectivity index (χ1v) is 5.72. The van der Waals surface area contributed by atoms with Crippen LogP contribution in [0.25, 0.3) is 5.65 Å². The van der Waals surface area contributed by atoms with Crippen molar-refractivity contribution in [1.29, 1.82) is 0 Å². The zero-order valence-electron chi connectivity index (χ0n) is 9.06. The molecule has 0 bridgehead atoms. The molecule has 0 aromatic carbocycles. The second kappa shape index (κ2) is 3.79. The molecule has 1 atom stereocenters. The van der Waals surface area contributed by atoms with E-state index in [1.54, 1.807) is 6.07 Å². The molecule has 0 saturated carbocycles. The first kappa shape index (κ1) is 9.66. The van der Waals surface area contributed by atoms with Crippen LogP contribution in [-0.4, -0.2) is 27.1 Å². The smallest absolute Gasteiger partial charge is 0.179 e. The molecule has 84 valence electrons. The summed E-state index contributed by atoms with van der Waals surface area (Å²) in [6.45, 7) is 1.11. The van der Waals surface area contributed by atoms with Gasteiger partial charge in [-0.05, 0) is 31.5 Å².